The maximum absolute atomic E-state index is 5.87. The van der Waals surface area contributed by atoms with Crippen molar-refractivity contribution in [2.45, 2.75) is 0 Å². The lowest BCUT2D eigenvalue weighted by atomic mass is 10.0. The molecule has 1 aromatic carbocycles. The second-order valence-corrected chi connectivity index (χ2v) is 3.77. The van der Waals surface area contributed by atoms with Gasteiger partial charge in [-0.05, 0) is 11.6 Å². The van der Waals surface area contributed by atoms with E-state index in [1.807, 2.05) is 30.3 Å². The first-order valence-electron chi connectivity index (χ1n) is 5.44. The van der Waals surface area contributed by atoms with Crippen LogP contribution >= 0.6 is 0 Å². The summed E-state index contributed by atoms with van der Waals surface area (Å²) in [6, 6.07) is 11.6. The fourth-order valence-electron chi connectivity index (χ4n) is 1.81. The number of aromatic nitrogens is 3. The van der Waals surface area contributed by atoms with E-state index in [1.54, 1.807) is 18.5 Å². The minimum atomic E-state index is 0.369. The highest BCUT2D eigenvalue weighted by Crippen LogP contribution is 2.35. The molecule has 0 atom stereocenters. The van der Waals surface area contributed by atoms with E-state index in [9.17, 15) is 0 Å². The Kier molecular flexibility index (Phi) is 2.49. The van der Waals surface area contributed by atoms with Crippen LogP contribution in [0.1, 0.15) is 0 Å². The Morgan fingerprint density at radius 2 is 1.78 bits per heavy atom. The molecule has 3 rings (SSSR count). The molecule has 0 amide bonds. The van der Waals surface area contributed by atoms with Crippen LogP contribution in [0.4, 0.5) is 5.82 Å². The van der Waals surface area contributed by atoms with Gasteiger partial charge in [-0.25, -0.2) is 0 Å². The molecule has 0 aliphatic carbocycles. The maximum Gasteiger partial charge on any atom is 0.178 e. The molecule has 0 aliphatic rings. The van der Waals surface area contributed by atoms with Gasteiger partial charge in [0.2, 0.25) is 0 Å². The van der Waals surface area contributed by atoms with Crippen molar-refractivity contribution in [3.63, 3.8) is 0 Å². The zero-order chi connectivity index (χ0) is 12.4. The molecule has 0 saturated carbocycles. The van der Waals surface area contributed by atoms with E-state index in [1.165, 1.54) is 0 Å². The molecular formula is C13H10N4O. The number of rotatable bonds is 2. The molecule has 0 fully saturated rings. The van der Waals surface area contributed by atoms with Crippen LogP contribution in [0.2, 0.25) is 0 Å². The lowest BCUT2D eigenvalue weighted by Gasteiger charge is -2.01. The van der Waals surface area contributed by atoms with E-state index in [2.05, 4.69) is 15.4 Å². The van der Waals surface area contributed by atoms with E-state index in [-0.39, 0.29) is 0 Å². The van der Waals surface area contributed by atoms with Gasteiger partial charge in [0.15, 0.2) is 11.6 Å². The quantitative estimate of drug-likeness (QED) is 0.741. The number of benzene rings is 1. The Balaban J connectivity index is 2.19. The second-order valence-electron chi connectivity index (χ2n) is 3.77. The summed E-state index contributed by atoms with van der Waals surface area (Å²) in [7, 11) is 0. The molecule has 5 heteroatoms. The minimum absolute atomic E-state index is 0.369. The van der Waals surface area contributed by atoms with Crippen molar-refractivity contribution in [2.24, 2.45) is 0 Å². The Hall–Kier alpha value is -2.69. The first kappa shape index (κ1) is 10.5. The smallest absolute Gasteiger partial charge is 0.178 e. The Morgan fingerprint density at radius 3 is 2.50 bits per heavy atom. The maximum atomic E-state index is 5.87. The zero-order valence-electron chi connectivity index (χ0n) is 9.45. The van der Waals surface area contributed by atoms with Crippen LogP contribution in [0.15, 0.2) is 53.3 Å². The van der Waals surface area contributed by atoms with Crippen molar-refractivity contribution in [1.29, 1.82) is 0 Å². The molecule has 2 heterocycles. The summed E-state index contributed by atoms with van der Waals surface area (Å²) in [6.45, 7) is 0. The lowest BCUT2D eigenvalue weighted by Crippen LogP contribution is -1.89. The van der Waals surface area contributed by atoms with Crippen molar-refractivity contribution >= 4 is 5.82 Å². The summed E-state index contributed by atoms with van der Waals surface area (Å²) in [5, 5.41) is 11.4. The SMILES string of the molecule is Nc1noc(-c2ccnnc2)c1-c1ccccc1. The number of nitrogen functional groups attached to an aromatic ring is 1. The van der Waals surface area contributed by atoms with Crippen LogP contribution in [0.3, 0.4) is 0 Å². The standard InChI is InChI=1S/C13H10N4O/c14-13-11(9-4-2-1-3-5-9)12(18-17-13)10-6-7-15-16-8-10/h1-8H,(H2,14,17). The molecule has 18 heavy (non-hydrogen) atoms. The average molecular weight is 238 g/mol. The lowest BCUT2D eigenvalue weighted by molar-refractivity contribution is 0.436. The number of nitrogens with zero attached hydrogens (tertiary/aromatic N) is 3. The van der Waals surface area contributed by atoms with Gasteiger partial charge >= 0.3 is 0 Å². The molecule has 0 bridgehead atoms. The predicted octanol–water partition coefficient (Wildman–Crippen LogP) is 2.38. The minimum Gasteiger partial charge on any atom is -0.380 e. The average Bonchev–Trinajstić information content (AvgIpc) is 2.83. The third-order valence-corrected chi connectivity index (χ3v) is 2.63. The summed E-state index contributed by atoms with van der Waals surface area (Å²) in [4.78, 5) is 0. The van der Waals surface area contributed by atoms with E-state index in [4.69, 9.17) is 10.3 Å². The summed E-state index contributed by atoms with van der Waals surface area (Å²) < 4.78 is 5.29. The summed E-state index contributed by atoms with van der Waals surface area (Å²) in [6.07, 6.45) is 3.22. The topological polar surface area (TPSA) is 77.8 Å². The van der Waals surface area contributed by atoms with Gasteiger partial charge in [-0.1, -0.05) is 35.5 Å². The number of nitrogens with two attached hydrogens (primary N) is 1. The molecule has 0 unspecified atom stereocenters. The zero-order valence-corrected chi connectivity index (χ0v) is 9.45. The molecule has 0 aliphatic heterocycles. The Labute approximate surface area is 103 Å². The molecule has 2 N–H and O–H groups in total. The normalized spacial score (nSPS) is 10.4. The van der Waals surface area contributed by atoms with Crippen molar-refractivity contribution in [3.05, 3.63) is 48.8 Å². The Morgan fingerprint density at radius 1 is 0.944 bits per heavy atom. The van der Waals surface area contributed by atoms with Gasteiger partial charge in [-0.2, -0.15) is 10.2 Å². The molecule has 0 radical (unpaired) electrons. The Bertz CT molecular complexity index is 649. The number of anilines is 1. The largest absolute Gasteiger partial charge is 0.380 e. The summed E-state index contributed by atoms with van der Waals surface area (Å²) >= 11 is 0. The molecule has 2 aromatic heterocycles. The fourth-order valence-corrected chi connectivity index (χ4v) is 1.81. The van der Waals surface area contributed by atoms with Crippen LogP contribution in [-0.2, 0) is 0 Å². The third kappa shape index (κ3) is 1.71. The number of hydrogen-bond donors (Lipinski definition) is 1. The first-order valence-corrected chi connectivity index (χ1v) is 5.44. The van der Waals surface area contributed by atoms with Crippen LogP contribution < -0.4 is 5.73 Å². The third-order valence-electron chi connectivity index (χ3n) is 2.63. The summed E-state index contributed by atoms with van der Waals surface area (Å²) in [5.41, 5.74) is 8.41. The van der Waals surface area contributed by atoms with Gasteiger partial charge in [0.05, 0.1) is 18.0 Å². The predicted molar refractivity (Wildman–Crippen MR) is 67.4 cm³/mol. The van der Waals surface area contributed by atoms with E-state index in [0.717, 1.165) is 16.7 Å². The van der Waals surface area contributed by atoms with Gasteiger partial charge in [-0.3, -0.25) is 0 Å². The molecule has 5 nitrogen and oxygen atoms in total. The van der Waals surface area contributed by atoms with Gasteiger partial charge < -0.3 is 10.3 Å². The molecule has 0 saturated heterocycles. The van der Waals surface area contributed by atoms with Crippen molar-refractivity contribution < 1.29 is 4.52 Å². The van der Waals surface area contributed by atoms with Gasteiger partial charge in [0.1, 0.15) is 0 Å². The van der Waals surface area contributed by atoms with Crippen LogP contribution in [0.5, 0.6) is 0 Å². The summed E-state index contributed by atoms with van der Waals surface area (Å²) in [5.74, 6) is 0.974. The van der Waals surface area contributed by atoms with Crippen LogP contribution in [-0.4, -0.2) is 15.4 Å². The van der Waals surface area contributed by atoms with E-state index in [0.29, 0.717) is 11.6 Å². The first-order chi connectivity index (χ1) is 8.86. The van der Waals surface area contributed by atoms with E-state index >= 15 is 0 Å². The highest BCUT2D eigenvalue weighted by Gasteiger charge is 2.17. The molecule has 3 aromatic rings. The van der Waals surface area contributed by atoms with Crippen molar-refractivity contribution in [2.75, 3.05) is 5.73 Å². The van der Waals surface area contributed by atoms with Crippen LogP contribution in [0, 0.1) is 0 Å². The van der Waals surface area contributed by atoms with Crippen LogP contribution in [0.25, 0.3) is 22.5 Å². The number of hydrogen-bond acceptors (Lipinski definition) is 5. The molecule has 88 valence electrons. The van der Waals surface area contributed by atoms with Crippen molar-refractivity contribution in [1.82, 2.24) is 15.4 Å². The molecular weight excluding hydrogens is 228 g/mol. The highest BCUT2D eigenvalue weighted by molar-refractivity contribution is 5.86. The second kappa shape index (κ2) is 4.29. The molecule has 0 spiro atoms. The van der Waals surface area contributed by atoms with E-state index < -0.39 is 0 Å². The van der Waals surface area contributed by atoms with Gasteiger partial charge in [0, 0.05) is 5.56 Å². The highest BCUT2D eigenvalue weighted by atomic mass is 16.5. The fraction of sp³-hybridized carbons (Fsp3) is 0. The monoisotopic (exact) mass is 238 g/mol. The van der Waals surface area contributed by atoms with Gasteiger partial charge in [-0.15, -0.1) is 0 Å². The van der Waals surface area contributed by atoms with Crippen molar-refractivity contribution in [3.8, 4) is 22.5 Å². The van der Waals surface area contributed by atoms with Gasteiger partial charge in [0.25, 0.3) is 0 Å².